The van der Waals surface area contributed by atoms with Crippen molar-refractivity contribution < 1.29 is 18.3 Å². The minimum atomic E-state index is -3.30. The Hall–Kier alpha value is -1.60. The predicted molar refractivity (Wildman–Crippen MR) is 67.7 cm³/mol. The predicted octanol–water partition coefficient (Wildman–Crippen LogP) is -0.400. The molecule has 0 unspecified atom stereocenters. The summed E-state index contributed by atoms with van der Waals surface area (Å²) in [6.07, 6.45) is 0.105. The zero-order valence-electron chi connectivity index (χ0n) is 10.0. The van der Waals surface area contributed by atoms with Crippen molar-refractivity contribution in [3.05, 3.63) is 29.8 Å². The Morgan fingerprint density at radius 1 is 1.39 bits per heavy atom. The number of hydrogen-bond acceptors (Lipinski definition) is 4. The van der Waals surface area contributed by atoms with Gasteiger partial charge in [-0.05, 0) is 24.7 Å². The normalized spacial score (nSPS) is 11.2. The van der Waals surface area contributed by atoms with Gasteiger partial charge in [0.2, 0.25) is 15.9 Å². The summed E-state index contributed by atoms with van der Waals surface area (Å²) in [6.45, 7) is 0.0564. The van der Waals surface area contributed by atoms with Crippen LogP contribution in [0.4, 0.5) is 0 Å². The van der Waals surface area contributed by atoms with Crippen molar-refractivity contribution in [1.82, 2.24) is 10.0 Å². The van der Waals surface area contributed by atoms with Gasteiger partial charge in [-0.2, -0.15) is 0 Å². The summed E-state index contributed by atoms with van der Waals surface area (Å²) in [5.74, 6) is -0.347. The average molecular weight is 272 g/mol. The molecule has 3 N–H and O–H groups in total. The molecule has 0 fully saturated rings. The molecular weight excluding hydrogens is 256 g/mol. The molecule has 0 aromatic heterocycles. The molecule has 0 heterocycles. The van der Waals surface area contributed by atoms with Gasteiger partial charge in [0.25, 0.3) is 0 Å². The highest BCUT2D eigenvalue weighted by Gasteiger charge is 2.08. The van der Waals surface area contributed by atoms with Gasteiger partial charge in [0.05, 0.1) is 12.2 Å². The van der Waals surface area contributed by atoms with Crippen molar-refractivity contribution in [3.8, 4) is 5.75 Å². The fraction of sp³-hybridized carbons (Fsp3) is 0.364. The first-order valence-corrected chi connectivity index (χ1v) is 7.04. The molecule has 1 amide bonds. The molecule has 7 heteroatoms. The zero-order chi connectivity index (χ0) is 13.6. The van der Waals surface area contributed by atoms with E-state index in [2.05, 4.69) is 10.0 Å². The van der Waals surface area contributed by atoms with E-state index >= 15 is 0 Å². The summed E-state index contributed by atoms with van der Waals surface area (Å²) in [4.78, 5) is 11.5. The molecule has 0 aliphatic heterocycles. The summed E-state index contributed by atoms with van der Waals surface area (Å²) in [5.41, 5.74) is 0.670. The molecule has 0 aliphatic rings. The molecule has 6 nitrogen and oxygen atoms in total. The highest BCUT2D eigenvalue weighted by molar-refractivity contribution is 7.89. The van der Waals surface area contributed by atoms with Crippen LogP contribution in [0.3, 0.4) is 0 Å². The van der Waals surface area contributed by atoms with E-state index in [-0.39, 0.29) is 30.4 Å². The maximum atomic E-state index is 11.5. The third-order valence-corrected chi connectivity index (χ3v) is 3.64. The van der Waals surface area contributed by atoms with Crippen molar-refractivity contribution in [2.75, 3.05) is 19.3 Å². The highest BCUT2D eigenvalue weighted by atomic mass is 32.2. The minimum absolute atomic E-state index is 0.0564. The van der Waals surface area contributed by atoms with Crippen LogP contribution in [0.1, 0.15) is 5.56 Å². The van der Waals surface area contributed by atoms with Crippen molar-refractivity contribution in [1.29, 1.82) is 0 Å². The lowest BCUT2D eigenvalue weighted by atomic mass is 10.1. The summed E-state index contributed by atoms with van der Waals surface area (Å²) < 4.78 is 24.3. The fourth-order valence-electron chi connectivity index (χ4n) is 1.34. The Morgan fingerprint density at radius 2 is 2.11 bits per heavy atom. The zero-order valence-corrected chi connectivity index (χ0v) is 10.8. The standard InChI is InChI=1S/C11H16N2O4S/c1-12-18(16,17)6-5-13-11(15)8-9-3-2-4-10(14)7-9/h2-4,7,12,14H,5-6,8H2,1H3,(H,13,15). The van der Waals surface area contributed by atoms with Gasteiger partial charge in [0.1, 0.15) is 5.75 Å². The van der Waals surface area contributed by atoms with Crippen LogP contribution in [0.25, 0.3) is 0 Å². The Kier molecular flexibility index (Phi) is 5.11. The van der Waals surface area contributed by atoms with Crippen LogP contribution in [-0.2, 0) is 21.2 Å². The number of carbonyl (C=O) groups excluding carboxylic acids is 1. The number of nitrogens with one attached hydrogen (secondary N) is 2. The lowest BCUT2D eigenvalue weighted by Gasteiger charge is -2.06. The van der Waals surface area contributed by atoms with Gasteiger partial charge < -0.3 is 10.4 Å². The maximum absolute atomic E-state index is 11.5. The average Bonchev–Trinajstić information content (AvgIpc) is 2.28. The van der Waals surface area contributed by atoms with E-state index < -0.39 is 10.0 Å². The Morgan fingerprint density at radius 3 is 2.72 bits per heavy atom. The van der Waals surface area contributed by atoms with Crippen LogP contribution in [0.15, 0.2) is 24.3 Å². The van der Waals surface area contributed by atoms with E-state index in [4.69, 9.17) is 0 Å². The Balaban J connectivity index is 2.39. The van der Waals surface area contributed by atoms with E-state index in [0.29, 0.717) is 5.56 Å². The first-order chi connectivity index (χ1) is 8.43. The molecule has 0 bridgehead atoms. The molecule has 0 saturated carbocycles. The number of phenols is 1. The Labute approximate surface area is 106 Å². The summed E-state index contributed by atoms with van der Waals surface area (Å²) in [6, 6.07) is 6.36. The second-order valence-corrected chi connectivity index (χ2v) is 5.77. The van der Waals surface area contributed by atoms with Crippen LogP contribution in [0.5, 0.6) is 5.75 Å². The van der Waals surface area contributed by atoms with E-state index in [1.54, 1.807) is 12.1 Å². The number of sulfonamides is 1. The molecule has 1 rings (SSSR count). The monoisotopic (exact) mass is 272 g/mol. The third-order valence-electron chi connectivity index (χ3n) is 2.28. The van der Waals surface area contributed by atoms with Crippen LogP contribution >= 0.6 is 0 Å². The molecule has 1 aromatic carbocycles. The van der Waals surface area contributed by atoms with Crippen LogP contribution in [0.2, 0.25) is 0 Å². The number of rotatable bonds is 6. The molecule has 0 saturated heterocycles. The van der Waals surface area contributed by atoms with Gasteiger partial charge in [-0.15, -0.1) is 0 Å². The van der Waals surface area contributed by atoms with Gasteiger partial charge in [0, 0.05) is 6.54 Å². The molecule has 0 spiro atoms. The second-order valence-electron chi connectivity index (χ2n) is 3.72. The largest absolute Gasteiger partial charge is 0.508 e. The van der Waals surface area contributed by atoms with Crippen molar-refractivity contribution >= 4 is 15.9 Å². The van der Waals surface area contributed by atoms with Crippen molar-refractivity contribution in [2.45, 2.75) is 6.42 Å². The summed E-state index contributed by atoms with van der Waals surface area (Å²) in [5, 5.41) is 11.7. The topological polar surface area (TPSA) is 95.5 Å². The van der Waals surface area contributed by atoms with Crippen molar-refractivity contribution in [2.24, 2.45) is 0 Å². The first kappa shape index (κ1) is 14.5. The van der Waals surface area contributed by atoms with Gasteiger partial charge in [-0.1, -0.05) is 12.1 Å². The number of carbonyl (C=O) groups is 1. The first-order valence-electron chi connectivity index (χ1n) is 5.39. The van der Waals surface area contributed by atoms with Crippen LogP contribution in [0, 0.1) is 0 Å². The Bertz CT molecular complexity index is 514. The second kappa shape index (κ2) is 6.36. The number of aromatic hydroxyl groups is 1. The van der Waals surface area contributed by atoms with Gasteiger partial charge in [-0.25, -0.2) is 13.1 Å². The molecule has 0 aliphatic carbocycles. The minimum Gasteiger partial charge on any atom is -0.508 e. The molecule has 1 aromatic rings. The van der Waals surface area contributed by atoms with E-state index in [1.807, 2.05) is 0 Å². The third kappa shape index (κ3) is 5.15. The van der Waals surface area contributed by atoms with E-state index in [1.165, 1.54) is 19.2 Å². The number of phenolic OH excluding ortho intramolecular Hbond substituents is 1. The fourth-order valence-corrected chi connectivity index (χ4v) is 1.92. The van der Waals surface area contributed by atoms with Gasteiger partial charge in [0.15, 0.2) is 0 Å². The maximum Gasteiger partial charge on any atom is 0.224 e. The summed E-state index contributed by atoms with van der Waals surface area (Å²) in [7, 11) is -1.98. The van der Waals surface area contributed by atoms with Crippen molar-refractivity contribution in [3.63, 3.8) is 0 Å². The molecular formula is C11H16N2O4S. The molecule has 100 valence electrons. The lowest BCUT2D eigenvalue weighted by Crippen LogP contribution is -2.33. The van der Waals surface area contributed by atoms with Gasteiger partial charge >= 0.3 is 0 Å². The number of amides is 1. The van der Waals surface area contributed by atoms with Crippen LogP contribution < -0.4 is 10.0 Å². The smallest absolute Gasteiger partial charge is 0.224 e. The van der Waals surface area contributed by atoms with Crippen LogP contribution in [-0.4, -0.2) is 38.8 Å². The van der Waals surface area contributed by atoms with E-state index in [0.717, 1.165) is 0 Å². The molecule has 18 heavy (non-hydrogen) atoms. The molecule has 0 atom stereocenters. The number of hydrogen-bond donors (Lipinski definition) is 3. The summed E-state index contributed by atoms with van der Waals surface area (Å²) >= 11 is 0. The number of benzene rings is 1. The van der Waals surface area contributed by atoms with Gasteiger partial charge in [-0.3, -0.25) is 4.79 Å². The van der Waals surface area contributed by atoms with E-state index in [9.17, 15) is 18.3 Å². The molecule has 0 radical (unpaired) electrons. The quantitative estimate of drug-likeness (QED) is 0.656. The highest BCUT2D eigenvalue weighted by Crippen LogP contribution is 2.10. The lowest BCUT2D eigenvalue weighted by molar-refractivity contribution is -0.120. The SMILES string of the molecule is CNS(=O)(=O)CCNC(=O)Cc1cccc(O)c1.